The van der Waals surface area contributed by atoms with Gasteiger partial charge in [0, 0.05) is 5.92 Å². The second-order valence-corrected chi connectivity index (χ2v) is 6.76. The van der Waals surface area contributed by atoms with Crippen LogP contribution < -0.4 is 4.74 Å². The van der Waals surface area contributed by atoms with Gasteiger partial charge in [0.25, 0.3) is 0 Å². The summed E-state index contributed by atoms with van der Waals surface area (Å²) in [6, 6.07) is 15.6. The van der Waals surface area contributed by atoms with Gasteiger partial charge in [0.15, 0.2) is 5.78 Å². The maximum absolute atomic E-state index is 12.9. The number of esters is 1. The van der Waals surface area contributed by atoms with E-state index >= 15 is 0 Å². The SMILES string of the molecule is CCOC(=O)[C@H]1C(=O)C=C(c2cccc(C)c2)C[C@H]1c1cccc(OC)c1. The molecule has 0 heterocycles. The second kappa shape index (κ2) is 8.21. The largest absolute Gasteiger partial charge is 0.497 e. The normalized spacial score (nSPS) is 19.4. The summed E-state index contributed by atoms with van der Waals surface area (Å²) in [6.45, 7) is 4.03. The van der Waals surface area contributed by atoms with Gasteiger partial charge in [0.1, 0.15) is 11.7 Å². The highest BCUT2D eigenvalue weighted by molar-refractivity contribution is 6.10. The predicted molar refractivity (Wildman–Crippen MR) is 105 cm³/mol. The molecule has 4 heteroatoms. The molecule has 0 unspecified atom stereocenters. The summed E-state index contributed by atoms with van der Waals surface area (Å²) in [7, 11) is 1.60. The minimum Gasteiger partial charge on any atom is -0.497 e. The zero-order chi connectivity index (χ0) is 19.4. The zero-order valence-corrected chi connectivity index (χ0v) is 15.9. The number of ketones is 1. The van der Waals surface area contributed by atoms with E-state index in [2.05, 4.69) is 6.07 Å². The molecule has 0 fully saturated rings. The highest BCUT2D eigenvalue weighted by Gasteiger charge is 2.39. The molecule has 1 aliphatic carbocycles. The first-order valence-electron chi connectivity index (χ1n) is 9.15. The Morgan fingerprint density at radius 1 is 1.15 bits per heavy atom. The molecule has 0 amide bonds. The molecule has 1 aliphatic rings. The summed E-state index contributed by atoms with van der Waals surface area (Å²) in [5, 5.41) is 0. The van der Waals surface area contributed by atoms with Crippen molar-refractivity contribution in [1.29, 1.82) is 0 Å². The van der Waals surface area contributed by atoms with E-state index in [1.54, 1.807) is 20.1 Å². The van der Waals surface area contributed by atoms with E-state index in [0.717, 1.165) is 22.3 Å². The van der Waals surface area contributed by atoms with Crippen molar-refractivity contribution in [2.75, 3.05) is 13.7 Å². The van der Waals surface area contributed by atoms with Crippen LogP contribution in [-0.2, 0) is 14.3 Å². The van der Waals surface area contributed by atoms with Crippen molar-refractivity contribution in [1.82, 2.24) is 0 Å². The number of ether oxygens (including phenoxy) is 2. The quantitative estimate of drug-likeness (QED) is 0.586. The molecular formula is C23H24O4. The van der Waals surface area contributed by atoms with Crippen LogP contribution in [0.3, 0.4) is 0 Å². The number of hydrogen-bond donors (Lipinski definition) is 0. The minimum atomic E-state index is -0.828. The van der Waals surface area contributed by atoms with Crippen LogP contribution in [0, 0.1) is 12.8 Å². The molecule has 0 bridgehead atoms. The molecule has 0 aromatic heterocycles. The fourth-order valence-electron chi connectivity index (χ4n) is 3.61. The van der Waals surface area contributed by atoms with Gasteiger partial charge >= 0.3 is 5.97 Å². The van der Waals surface area contributed by atoms with E-state index < -0.39 is 11.9 Å². The van der Waals surface area contributed by atoms with E-state index in [4.69, 9.17) is 9.47 Å². The van der Waals surface area contributed by atoms with Gasteiger partial charge in [-0.1, -0.05) is 42.0 Å². The van der Waals surface area contributed by atoms with Crippen LogP contribution in [0.2, 0.25) is 0 Å². The van der Waals surface area contributed by atoms with E-state index in [9.17, 15) is 9.59 Å². The molecule has 0 spiro atoms. The van der Waals surface area contributed by atoms with E-state index in [-0.39, 0.29) is 18.3 Å². The Bertz CT molecular complexity index is 881. The summed E-state index contributed by atoms with van der Waals surface area (Å²) in [5.41, 5.74) is 3.99. The van der Waals surface area contributed by atoms with Crippen LogP contribution in [0.15, 0.2) is 54.6 Å². The Kier molecular flexibility index (Phi) is 5.75. The molecule has 4 nitrogen and oxygen atoms in total. The Morgan fingerprint density at radius 3 is 2.63 bits per heavy atom. The highest BCUT2D eigenvalue weighted by Crippen LogP contribution is 2.41. The fourth-order valence-corrected chi connectivity index (χ4v) is 3.61. The number of methoxy groups -OCH3 is 1. The van der Waals surface area contributed by atoms with E-state index in [0.29, 0.717) is 12.2 Å². The molecule has 0 saturated heterocycles. The lowest BCUT2D eigenvalue weighted by Crippen LogP contribution is -2.34. The summed E-state index contributed by atoms with van der Waals surface area (Å²) < 4.78 is 10.5. The van der Waals surface area contributed by atoms with Gasteiger partial charge in [0.2, 0.25) is 0 Å². The number of carbonyl (C=O) groups is 2. The molecule has 0 aliphatic heterocycles. The van der Waals surface area contributed by atoms with Crippen molar-refractivity contribution in [2.45, 2.75) is 26.2 Å². The van der Waals surface area contributed by atoms with Gasteiger partial charge in [-0.05, 0) is 55.2 Å². The first-order valence-corrected chi connectivity index (χ1v) is 9.15. The smallest absolute Gasteiger partial charge is 0.317 e. The molecule has 0 saturated carbocycles. The Labute approximate surface area is 159 Å². The lowest BCUT2D eigenvalue weighted by atomic mass is 9.73. The average molecular weight is 364 g/mol. The van der Waals surface area contributed by atoms with Crippen molar-refractivity contribution in [3.8, 4) is 5.75 Å². The lowest BCUT2D eigenvalue weighted by Gasteiger charge is -2.29. The van der Waals surface area contributed by atoms with Crippen molar-refractivity contribution < 1.29 is 19.1 Å². The van der Waals surface area contributed by atoms with Crippen molar-refractivity contribution in [3.05, 3.63) is 71.3 Å². The molecule has 0 radical (unpaired) electrons. The van der Waals surface area contributed by atoms with Gasteiger partial charge in [-0.25, -0.2) is 0 Å². The van der Waals surface area contributed by atoms with Crippen molar-refractivity contribution >= 4 is 17.3 Å². The third kappa shape index (κ3) is 4.11. The number of rotatable bonds is 5. The van der Waals surface area contributed by atoms with Gasteiger partial charge in [-0.3, -0.25) is 9.59 Å². The molecule has 27 heavy (non-hydrogen) atoms. The molecule has 140 valence electrons. The fraction of sp³-hybridized carbons (Fsp3) is 0.304. The highest BCUT2D eigenvalue weighted by atomic mass is 16.5. The Morgan fingerprint density at radius 2 is 1.93 bits per heavy atom. The van der Waals surface area contributed by atoms with E-state index in [1.807, 2.05) is 49.4 Å². The maximum Gasteiger partial charge on any atom is 0.317 e. The Hall–Kier alpha value is -2.88. The average Bonchev–Trinajstić information content (AvgIpc) is 2.67. The van der Waals surface area contributed by atoms with Crippen LogP contribution in [0.4, 0.5) is 0 Å². The van der Waals surface area contributed by atoms with Gasteiger partial charge in [0.05, 0.1) is 13.7 Å². The standard InChI is InChI=1S/C23H24O4/c1-4-27-23(25)22-20(17-9-6-10-19(12-17)26-3)13-18(14-21(22)24)16-8-5-7-15(2)11-16/h5-12,14,20,22H,4,13H2,1-3H3/t20-,22+/m0/s1. The number of benzene rings is 2. The Balaban J connectivity index is 2.04. The van der Waals surface area contributed by atoms with Crippen LogP contribution in [0.1, 0.15) is 36.0 Å². The van der Waals surface area contributed by atoms with Crippen LogP contribution in [-0.4, -0.2) is 25.5 Å². The molecule has 2 aromatic carbocycles. The predicted octanol–water partition coefficient (Wildman–Crippen LogP) is 4.32. The van der Waals surface area contributed by atoms with Crippen LogP contribution in [0.5, 0.6) is 5.75 Å². The topological polar surface area (TPSA) is 52.6 Å². The minimum absolute atomic E-state index is 0.205. The zero-order valence-electron chi connectivity index (χ0n) is 15.9. The molecule has 0 N–H and O–H groups in total. The van der Waals surface area contributed by atoms with Gasteiger partial charge in [-0.2, -0.15) is 0 Å². The summed E-state index contributed by atoms with van der Waals surface area (Å²) in [6.07, 6.45) is 2.19. The molecule has 2 atom stereocenters. The van der Waals surface area contributed by atoms with Crippen molar-refractivity contribution in [3.63, 3.8) is 0 Å². The number of hydrogen-bond acceptors (Lipinski definition) is 4. The summed E-state index contributed by atoms with van der Waals surface area (Å²) in [4.78, 5) is 25.4. The first kappa shape index (κ1) is 18.9. The third-order valence-electron chi connectivity index (χ3n) is 4.92. The summed E-state index contributed by atoms with van der Waals surface area (Å²) in [5.74, 6) is -1.08. The molecule has 2 aromatic rings. The van der Waals surface area contributed by atoms with Gasteiger partial charge in [-0.15, -0.1) is 0 Å². The second-order valence-electron chi connectivity index (χ2n) is 6.76. The molecular weight excluding hydrogens is 340 g/mol. The van der Waals surface area contributed by atoms with Gasteiger partial charge < -0.3 is 9.47 Å². The lowest BCUT2D eigenvalue weighted by molar-refractivity contribution is -0.151. The number of aryl methyl sites for hydroxylation is 1. The van der Waals surface area contributed by atoms with E-state index in [1.165, 1.54) is 0 Å². The summed E-state index contributed by atoms with van der Waals surface area (Å²) >= 11 is 0. The maximum atomic E-state index is 12.9. The van der Waals surface area contributed by atoms with Crippen molar-refractivity contribution in [2.24, 2.45) is 5.92 Å². The number of carbonyl (C=O) groups excluding carboxylic acids is 2. The first-order chi connectivity index (χ1) is 13.0. The van der Waals surface area contributed by atoms with Crippen LogP contribution in [0.25, 0.3) is 5.57 Å². The third-order valence-corrected chi connectivity index (χ3v) is 4.92. The number of allylic oxidation sites excluding steroid dienone is 2. The molecule has 3 rings (SSSR count). The van der Waals surface area contributed by atoms with Crippen LogP contribution >= 0.6 is 0 Å². The monoisotopic (exact) mass is 364 g/mol.